The zero-order chi connectivity index (χ0) is 13.8. The minimum absolute atomic E-state index is 0.0673. The Hall–Kier alpha value is -1.80. The van der Waals surface area contributed by atoms with Crippen molar-refractivity contribution in [1.29, 1.82) is 0 Å². The third kappa shape index (κ3) is 2.96. The summed E-state index contributed by atoms with van der Waals surface area (Å²) in [7, 11) is 0. The molecule has 0 aliphatic rings. The SMILES string of the molecule is Cc1ccccc1NC(CO)c1c(C)cccc1C. The van der Waals surface area contributed by atoms with E-state index in [-0.39, 0.29) is 12.6 Å². The highest BCUT2D eigenvalue weighted by atomic mass is 16.3. The molecule has 0 amide bonds. The third-order valence-electron chi connectivity index (χ3n) is 3.55. The lowest BCUT2D eigenvalue weighted by Gasteiger charge is -2.23. The van der Waals surface area contributed by atoms with Crippen LogP contribution in [0.2, 0.25) is 0 Å². The maximum Gasteiger partial charge on any atom is 0.0750 e. The summed E-state index contributed by atoms with van der Waals surface area (Å²) in [5.41, 5.74) is 5.87. The number of rotatable bonds is 4. The zero-order valence-corrected chi connectivity index (χ0v) is 11.8. The predicted octanol–water partition coefficient (Wildman–Crippen LogP) is 3.76. The fraction of sp³-hybridized carbons (Fsp3) is 0.294. The van der Waals surface area contributed by atoms with Gasteiger partial charge in [-0.1, -0.05) is 36.4 Å². The van der Waals surface area contributed by atoms with E-state index in [1.165, 1.54) is 22.3 Å². The second-order valence-corrected chi connectivity index (χ2v) is 5.00. The zero-order valence-electron chi connectivity index (χ0n) is 11.8. The highest BCUT2D eigenvalue weighted by Gasteiger charge is 2.15. The van der Waals surface area contributed by atoms with Crippen molar-refractivity contribution in [3.8, 4) is 0 Å². The molecule has 2 heteroatoms. The van der Waals surface area contributed by atoms with Gasteiger partial charge in [0.1, 0.15) is 0 Å². The van der Waals surface area contributed by atoms with Crippen LogP contribution in [0.3, 0.4) is 0 Å². The molecule has 2 aromatic carbocycles. The highest BCUT2D eigenvalue weighted by molar-refractivity contribution is 5.53. The number of hydrogen-bond acceptors (Lipinski definition) is 2. The van der Waals surface area contributed by atoms with Crippen LogP contribution in [0.15, 0.2) is 42.5 Å². The van der Waals surface area contributed by atoms with Gasteiger partial charge in [-0.2, -0.15) is 0 Å². The van der Waals surface area contributed by atoms with E-state index in [4.69, 9.17) is 0 Å². The van der Waals surface area contributed by atoms with Crippen LogP contribution in [0.25, 0.3) is 0 Å². The fourth-order valence-electron chi connectivity index (χ4n) is 2.51. The van der Waals surface area contributed by atoms with Crippen LogP contribution >= 0.6 is 0 Å². The lowest BCUT2D eigenvalue weighted by Crippen LogP contribution is -2.17. The van der Waals surface area contributed by atoms with Crippen LogP contribution in [0.4, 0.5) is 5.69 Å². The Morgan fingerprint density at radius 3 is 2.05 bits per heavy atom. The second-order valence-electron chi connectivity index (χ2n) is 5.00. The van der Waals surface area contributed by atoms with Crippen molar-refractivity contribution in [1.82, 2.24) is 0 Å². The maximum atomic E-state index is 9.72. The molecule has 0 spiro atoms. The summed E-state index contributed by atoms with van der Waals surface area (Å²) in [5, 5.41) is 13.2. The molecular formula is C17H21NO. The van der Waals surface area contributed by atoms with Gasteiger partial charge in [0.2, 0.25) is 0 Å². The molecular weight excluding hydrogens is 234 g/mol. The smallest absolute Gasteiger partial charge is 0.0750 e. The molecule has 2 rings (SSSR count). The Kier molecular flexibility index (Phi) is 4.23. The van der Waals surface area contributed by atoms with Crippen LogP contribution in [0, 0.1) is 20.8 Å². The van der Waals surface area contributed by atoms with Crippen molar-refractivity contribution in [3.05, 3.63) is 64.7 Å². The first-order chi connectivity index (χ1) is 9.13. The monoisotopic (exact) mass is 255 g/mol. The number of hydrogen-bond donors (Lipinski definition) is 2. The molecule has 2 aromatic rings. The average molecular weight is 255 g/mol. The van der Waals surface area contributed by atoms with Gasteiger partial charge in [-0.25, -0.2) is 0 Å². The Morgan fingerprint density at radius 2 is 1.47 bits per heavy atom. The number of benzene rings is 2. The lowest BCUT2D eigenvalue weighted by atomic mass is 9.96. The molecule has 0 saturated carbocycles. The summed E-state index contributed by atoms with van der Waals surface area (Å²) in [6.07, 6.45) is 0. The van der Waals surface area contributed by atoms with Crippen LogP contribution in [-0.4, -0.2) is 11.7 Å². The van der Waals surface area contributed by atoms with E-state index in [1.807, 2.05) is 18.2 Å². The van der Waals surface area contributed by atoms with E-state index >= 15 is 0 Å². The molecule has 0 bridgehead atoms. The molecule has 100 valence electrons. The number of aliphatic hydroxyl groups excluding tert-OH is 1. The minimum Gasteiger partial charge on any atom is -0.394 e. The normalized spacial score (nSPS) is 12.2. The number of nitrogens with one attached hydrogen (secondary N) is 1. The summed E-state index contributed by atoms with van der Waals surface area (Å²) < 4.78 is 0. The van der Waals surface area contributed by atoms with Gasteiger partial charge >= 0.3 is 0 Å². The van der Waals surface area contributed by atoms with E-state index in [0.29, 0.717) is 0 Å². The second kappa shape index (κ2) is 5.89. The lowest BCUT2D eigenvalue weighted by molar-refractivity contribution is 0.275. The summed E-state index contributed by atoms with van der Waals surface area (Å²) >= 11 is 0. The van der Waals surface area contributed by atoms with Gasteiger partial charge in [0.15, 0.2) is 0 Å². The highest BCUT2D eigenvalue weighted by Crippen LogP contribution is 2.26. The van der Waals surface area contributed by atoms with Crippen LogP contribution < -0.4 is 5.32 Å². The van der Waals surface area contributed by atoms with Crippen molar-refractivity contribution >= 4 is 5.69 Å². The van der Waals surface area contributed by atoms with Gasteiger partial charge in [-0.15, -0.1) is 0 Å². The summed E-state index contributed by atoms with van der Waals surface area (Å²) in [5.74, 6) is 0. The molecule has 0 saturated heterocycles. The van der Waals surface area contributed by atoms with Crippen molar-refractivity contribution in [2.45, 2.75) is 26.8 Å². The molecule has 0 aliphatic heterocycles. The maximum absolute atomic E-state index is 9.72. The molecule has 0 radical (unpaired) electrons. The molecule has 0 fully saturated rings. The molecule has 0 aromatic heterocycles. The van der Waals surface area contributed by atoms with Gasteiger partial charge in [-0.05, 0) is 49.1 Å². The largest absolute Gasteiger partial charge is 0.394 e. The van der Waals surface area contributed by atoms with Gasteiger partial charge in [0, 0.05) is 5.69 Å². The molecule has 1 unspecified atom stereocenters. The predicted molar refractivity (Wildman–Crippen MR) is 80.5 cm³/mol. The van der Waals surface area contributed by atoms with Crippen molar-refractivity contribution in [2.75, 3.05) is 11.9 Å². The molecule has 2 nitrogen and oxygen atoms in total. The number of anilines is 1. The van der Waals surface area contributed by atoms with Gasteiger partial charge in [-0.3, -0.25) is 0 Å². The first-order valence-electron chi connectivity index (χ1n) is 6.62. The number of aryl methyl sites for hydroxylation is 3. The van der Waals surface area contributed by atoms with E-state index in [2.05, 4.69) is 50.4 Å². The van der Waals surface area contributed by atoms with Crippen molar-refractivity contribution < 1.29 is 5.11 Å². The van der Waals surface area contributed by atoms with E-state index in [9.17, 15) is 5.11 Å². The van der Waals surface area contributed by atoms with Gasteiger partial charge in [0.25, 0.3) is 0 Å². The molecule has 0 heterocycles. The minimum atomic E-state index is -0.0673. The van der Waals surface area contributed by atoms with Crippen molar-refractivity contribution in [3.63, 3.8) is 0 Å². The summed E-state index contributed by atoms with van der Waals surface area (Å²) in [6.45, 7) is 6.33. The number of aliphatic hydroxyl groups is 1. The molecule has 0 aliphatic carbocycles. The molecule has 2 N–H and O–H groups in total. The third-order valence-corrected chi connectivity index (χ3v) is 3.55. The van der Waals surface area contributed by atoms with E-state index in [1.54, 1.807) is 0 Å². The average Bonchev–Trinajstić information content (AvgIpc) is 2.39. The Balaban J connectivity index is 2.34. The van der Waals surface area contributed by atoms with Gasteiger partial charge < -0.3 is 10.4 Å². The fourth-order valence-corrected chi connectivity index (χ4v) is 2.51. The topological polar surface area (TPSA) is 32.3 Å². The standard InChI is InChI=1S/C17H21NO/c1-12-7-4-5-10-15(12)18-16(11-19)17-13(2)8-6-9-14(17)3/h4-10,16,18-19H,11H2,1-3H3. The Labute approximate surface area is 115 Å². The molecule has 1 atom stereocenters. The quantitative estimate of drug-likeness (QED) is 0.872. The molecule has 19 heavy (non-hydrogen) atoms. The summed E-state index contributed by atoms with van der Waals surface area (Å²) in [6, 6.07) is 14.3. The summed E-state index contributed by atoms with van der Waals surface area (Å²) in [4.78, 5) is 0. The first kappa shape index (κ1) is 13.6. The Bertz CT molecular complexity index is 543. The van der Waals surface area contributed by atoms with Gasteiger partial charge in [0.05, 0.1) is 12.6 Å². The Morgan fingerprint density at radius 1 is 0.895 bits per heavy atom. The van der Waals surface area contributed by atoms with Crippen LogP contribution in [0.1, 0.15) is 28.3 Å². The van der Waals surface area contributed by atoms with E-state index < -0.39 is 0 Å². The van der Waals surface area contributed by atoms with Crippen molar-refractivity contribution in [2.24, 2.45) is 0 Å². The van der Waals surface area contributed by atoms with Crippen LogP contribution in [0.5, 0.6) is 0 Å². The number of para-hydroxylation sites is 1. The van der Waals surface area contributed by atoms with Crippen LogP contribution in [-0.2, 0) is 0 Å². The van der Waals surface area contributed by atoms with E-state index in [0.717, 1.165) is 5.69 Å². The first-order valence-corrected chi connectivity index (χ1v) is 6.62.